The van der Waals surface area contributed by atoms with E-state index in [0.717, 1.165) is 12.0 Å². The van der Waals surface area contributed by atoms with Gasteiger partial charge in [0.1, 0.15) is 0 Å². The third-order valence-electron chi connectivity index (χ3n) is 3.39. The summed E-state index contributed by atoms with van der Waals surface area (Å²) in [4.78, 5) is 2.56. The molecular weight excluding hydrogens is 170 g/mol. The molecule has 0 aliphatic carbocycles. The normalized spacial score (nSPS) is 26.9. The molecule has 1 saturated heterocycles. The number of hydrogen-bond donors (Lipinski definition) is 0. The number of nitrogens with zero attached hydrogens (tertiary/aromatic N) is 1. The summed E-state index contributed by atoms with van der Waals surface area (Å²) in [6.07, 6.45) is 2.60. The monoisotopic (exact) mass is 189 g/mol. The zero-order valence-electron chi connectivity index (χ0n) is 9.11. The van der Waals surface area contributed by atoms with Gasteiger partial charge in [0.2, 0.25) is 0 Å². The number of anilines is 1. The molecule has 1 heteroatoms. The molecule has 76 valence electrons. The molecule has 1 nitrogen and oxygen atoms in total. The van der Waals surface area contributed by atoms with Gasteiger partial charge in [0.25, 0.3) is 0 Å². The van der Waals surface area contributed by atoms with Crippen molar-refractivity contribution in [1.82, 2.24) is 0 Å². The average molecular weight is 189 g/mol. The van der Waals surface area contributed by atoms with Gasteiger partial charge in [-0.25, -0.2) is 0 Å². The molecule has 0 bridgehead atoms. The first kappa shape index (κ1) is 9.57. The molecule has 1 aromatic rings. The molecule has 1 fully saturated rings. The Labute approximate surface area is 86.7 Å². The minimum Gasteiger partial charge on any atom is -0.368 e. The fraction of sp³-hybridized carbons (Fsp3) is 0.538. The Morgan fingerprint density at radius 2 is 2.00 bits per heavy atom. The van der Waals surface area contributed by atoms with Crippen LogP contribution in [0, 0.1) is 5.92 Å². The van der Waals surface area contributed by atoms with Crippen LogP contribution in [0.2, 0.25) is 0 Å². The second-order valence-electron chi connectivity index (χ2n) is 4.27. The SMILES string of the molecule is CC[C@@H]1[C@H](C)CCN1c1ccccc1. The van der Waals surface area contributed by atoms with E-state index in [1.807, 2.05) is 0 Å². The Morgan fingerprint density at radius 3 is 2.64 bits per heavy atom. The molecule has 1 aliphatic heterocycles. The maximum Gasteiger partial charge on any atom is 0.0368 e. The number of benzene rings is 1. The zero-order chi connectivity index (χ0) is 9.97. The van der Waals surface area contributed by atoms with Gasteiger partial charge in [-0.2, -0.15) is 0 Å². The van der Waals surface area contributed by atoms with Gasteiger partial charge in [0.15, 0.2) is 0 Å². The summed E-state index contributed by atoms with van der Waals surface area (Å²) < 4.78 is 0. The fourth-order valence-electron chi connectivity index (χ4n) is 2.57. The summed E-state index contributed by atoms with van der Waals surface area (Å²) in [6.45, 7) is 5.89. The summed E-state index contributed by atoms with van der Waals surface area (Å²) in [5, 5.41) is 0. The van der Waals surface area contributed by atoms with Gasteiger partial charge in [-0.1, -0.05) is 32.0 Å². The first-order valence-electron chi connectivity index (χ1n) is 5.64. The van der Waals surface area contributed by atoms with Crippen molar-refractivity contribution in [3.63, 3.8) is 0 Å². The Bertz CT molecular complexity index is 281. The number of rotatable bonds is 2. The summed E-state index contributed by atoms with van der Waals surface area (Å²) >= 11 is 0. The first-order valence-corrected chi connectivity index (χ1v) is 5.64. The second-order valence-corrected chi connectivity index (χ2v) is 4.27. The highest BCUT2D eigenvalue weighted by molar-refractivity contribution is 5.48. The second kappa shape index (κ2) is 4.04. The van der Waals surface area contributed by atoms with Gasteiger partial charge >= 0.3 is 0 Å². The number of para-hydroxylation sites is 1. The van der Waals surface area contributed by atoms with Crippen LogP contribution in [0.1, 0.15) is 26.7 Å². The van der Waals surface area contributed by atoms with E-state index < -0.39 is 0 Å². The average Bonchev–Trinajstić information content (AvgIpc) is 2.61. The molecular formula is C13H19N. The summed E-state index contributed by atoms with van der Waals surface area (Å²) in [5.74, 6) is 0.847. The van der Waals surface area contributed by atoms with Gasteiger partial charge in [0, 0.05) is 18.3 Å². The lowest BCUT2D eigenvalue weighted by atomic mass is 10.0. The van der Waals surface area contributed by atoms with E-state index >= 15 is 0 Å². The van der Waals surface area contributed by atoms with E-state index in [2.05, 4.69) is 49.1 Å². The fourth-order valence-corrected chi connectivity index (χ4v) is 2.57. The standard InChI is InChI=1S/C13H19N/c1-3-13-11(2)9-10-14(13)12-7-5-4-6-8-12/h4-8,11,13H,3,9-10H2,1-2H3/t11-,13-/m1/s1. The molecule has 0 aromatic heterocycles. The van der Waals surface area contributed by atoms with Crippen LogP contribution >= 0.6 is 0 Å². The Morgan fingerprint density at radius 1 is 1.29 bits per heavy atom. The van der Waals surface area contributed by atoms with Gasteiger partial charge < -0.3 is 4.90 Å². The molecule has 2 atom stereocenters. The maximum atomic E-state index is 2.56. The van der Waals surface area contributed by atoms with E-state index in [1.165, 1.54) is 25.1 Å². The predicted octanol–water partition coefficient (Wildman–Crippen LogP) is 3.31. The van der Waals surface area contributed by atoms with Crippen molar-refractivity contribution in [2.75, 3.05) is 11.4 Å². The van der Waals surface area contributed by atoms with Gasteiger partial charge in [-0.15, -0.1) is 0 Å². The summed E-state index contributed by atoms with van der Waals surface area (Å²) in [7, 11) is 0. The van der Waals surface area contributed by atoms with Crippen LogP contribution in [-0.4, -0.2) is 12.6 Å². The van der Waals surface area contributed by atoms with Gasteiger partial charge in [-0.05, 0) is 30.9 Å². The number of hydrogen-bond acceptors (Lipinski definition) is 1. The quantitative estimate of drug-likeness (QED) is 0.690. The van der Waals surface area contributed by atoms with E-state index in [9.17, 15) is 0 Å². The largest absolute Gasteiger partial charge is 0.368 e. The van der Waals surface area contributed by atoms with Crippen molar-refractivity contribution >= 4 is 5.69 Å². The van der Waals surface area contributed by atoms with E-state index in [0.29, 0.717) is 0 Å². The highest BCUT2D eigenvalue weighted by Crippen LogP contribution is 2.30. The van der Waals surface area contributed by atoms with Crippen LogP contribution in [0.3, 0.4) is 0 Å². The zero-order valence-corrected chi connectivity index (χ0v) is 9.11. The van der Waals surface area contributed by atoms with E-state index in [-0.39, 0.29) is 0 Å². The molecule has 0 spiro atoms. The maximum absolute atomic E-state index is 2.56. The lowest BCUT2D eigenvalue weighted by molar-refractivity contribution is 0.499. The van der Waals surface area contributed by atoms with Crippen LogP contribution in [0.15, 0.2) is 30.3 Å². The Kier molecular flexibility index (Phi) is 2.76. The van der Waals surface area contributed by atoms with Gasteiger partial charge in [-0.3, -0.25) is 0 Å². The molecule has 2 rings (SSSR count). The van der Waals surface area contributed by atoms with Crippen LogP contribution in [0.5, 0.6) is 0 Å². The van der Waals surface area contributed by atoms with Crippen molar-refractivity contribution in [3.05, 3.63) is 30.3 Å². The Balaban J connectivity index is 2.19. The molecule has 1 aliphatic rings. The third-order valence-corrected chi connectivity index (χ3v) is 3.39. The smallest absolute Gasteiger partial charge is 0.0368 e. The first-order chi connectivity index (χ1) is 6.83. The molecule has 0 radical (unpaired) electrons. The van der Waals surface area contributed by atoms with Crippen molar-refractivity contribution in [1.29, 1.82) is 0 Å². The highest BCUT2D eigenvalue weighted by atomic mass is 15.2. The molecule has 0 N–H and O–H groups in total. The topological polar surface area (TPSA) is 3.24 Å². The van der Waals surface area contributed by atoms with E-state index in [1.54, 1.807) is 0 Å². The molecule has 0 amide bonds. The van der Waals surface area contributed by atoms with Crippen molar-refractivity contribution < 1.29 is 0 Å². The van der Waals surface area contributed by atoms with Crippen LogP contribution in [0.4, 0.5) is 5.69 Å². The summed E-state index contributed by atoms with van der Waals surface area (Å²) in [5.41, 5.74) is 1.39. The lowest BCUT2D eigenvalue weighted by Gasteiger charge is -2.27. The van der Waals surface area contributed by atoms with Crippen LogP contribution in [-0.2, 0) is 0 Å². The molecule has 0 unspecified atom stereocenters. The highest BCUT2D eigenvalue weighted by Gasteiger charge is 2.29. The van der Waals surface area contributed by atoms with E-state index in [4.69, 9.17) is 0 Å². The molecule has 0 saturated carbocycles. The van der Waals surface area contributed by atoms with Crippen LogP contribution < -0.4 is 4.90 Å². The van der Waals surface area contributed by atoms with Crippen LogP contribution in [0.25, 0.3) is 0 Å². The molecule has 1 aromatic carbocycles. The molecule has 1 heterocycles. The van der Waals surface area contributed by atoms with Crippen molar-refractivity contribution in [2.24, 2.45) is 5.92 Å². The van der Waals surface area contributed by atoms with Gasteiger partial charge in [0.05, 0.1) is 0 Å². The van der Waals surface area contributed by atoms with Crippen molar-refractivity contribution in [3.8, 4) is 0 Å². The minimum atomic E-state index is 0.748. The Hall–Kier alpha value is -0.980. The third kappa shape index (κ3) is 1.63. The minimum absolute atomic E-state index is 0.748. The lowest BCUT2D eigenvalue weighted by Crippen LogP contribution is -2.31. The predicted molar refractivity (Wildman–Crippen MR) is 61.6 cm³/mol. The van der Waals surface area contributed by atoms with Crippen molar-refractivity contribution in [2.45, 2.75) is 32.7 Å². The molecule has 14 heavy (non-hydrogen) atoms. The summed E-state index contributed by atoms with van der Waals surface area (Å²) in [6, 6.07) is 11.5.